The largest absolute Gasteiger partial charge is 0.367 e. The highest BCUT2D eigenvalue weighted by Gasteiger charge is 2.15. The van der Waals surface area contributed by atoms with Crippen LogP contribution < -0.4 is 5.32 Å². The molecule has 0 aromatic heterocycles. The molecule has 0 aromatic carbocycles. The third kappa shape index (κ3) is 3.26. The van der Waals surface area contributed by atoms with Gasteiger partial charge in [0, 0.05) is 25.2 Å². The molecule has 0 radical (unpaired) electrons. The second kappa shape index (κ2) is 5.49. The van der Waals surface area contributed by atoms with E-state index in [1.807, 2.05) is 4.90 Å². The fraction of sp³-hybridized carbons (Fsp3) is 0.500. The van der Waals surface area contributed by atoms with E-state index < -0.39 is 4.92 Å². The molecule has 1 aliphatic heterocycles. The third-order valence-corrected chi connectivity index (χ3v) is 2.07. The van der Waals surface area contributed by atoms with Crippen molar-refractivity contribution in [1.29, 1.82) is 0 Å². The minimum atomic E-state index is -0.453. The van der Waals surface area contributed by atoms with E-state index in [2.05, 4.69) is 5.32 Å². The second-order valence-electron chi connectivity index (χ2n) is 2.89. The van der Waals surface area contributed by atoms with Gasteiger partial charge in [-0.3, -0.25) is 10.1 Å². The maximum Gasteiger partial charge on any atom is 0.274 e. The Morgan fingerprint density at radius 2 is 2.50 bits per heavy atom. The van der Waals surface area contributed by atoms with Crippen LogP contribution in [-0.4, -0.2) is 29.5 Å². The Hall–Kier alpha value is -1.23. The van der Waals surface area contributed by atoms with Crippen molar-refractivity contribution < 1.29 is 4.92 Å². The summed E-state index contributed by atoms with van der Waals surface area (Å²) in [4.78, 5) is 11.7. The monoisotopic (exact) mass is 217 g/mol. The Balaban J connectivity index is 2.63. The van der Waals surface area contributed by atoms with Crippen molar-refractivity contribution in [1.82, 2.24) is 10.2 Å². The minimum Gasteiger partial charge on any atom is -0.367 e. The van der Waals surface area contributed by atoms with Crippen LogP contribution in [0.4, 0.5) is 0 Å². The van der Waals surface area contributed by atoms with Crippen molar-refractivity contribution in [2.24, 2.45) is 0 Å². The van der Waals surface area contributed by atoms with E-state index in [1.165, 1.54) is 5.54 Å². The Labute approximate surface area is 87.2 Å². The molecule has 0 unspecified atom stereocenters. The summed E-state index contributed by atoms with van der Waals surface area (Å²) in [5.41, 5.74) is 1.42. The molecule has 0 amide bonds. The summed E-state index contributed by atoms with van der Waals surface area (Å²) in [7, 11) is 0. The molecule has 6 heteroatoms. The lowest BCUT2D eigenvalue weighted by Gasteiger charge is -2.29. The topological polar surface area (TPSA) is 58.4 Å². The molecular weight excluding hydrogens is 206 g/mol. The van der Waals surface area contributed by atoms with E-state index in [-0.39, 0.29) is 0 Å². The zero-order valence-electron chi connectivity index (χ0n) is 7.65. The molecule has 1 saturated heterocycles. The highest BCUT2D eigenvalue weighted by Crippen LogP contribution is 2.07. The van der Waals surface area contributed by atoms with Crippen LogP contribution in [0.25, 0.3) is 0 Å². The number of hydrogen-bond donors (Lipinski definition) is 1. The normalized spacial score (nSPS) is 20.1. The quantitative estimate of drug-likeness (QED) is 0.568. The predicted octanol–water partition coefficient (Wildman–Crippen LogP) is 1.11. The number of nitro groups is 1. The number of halogens is 1. The van der Waals surface area contributed by atoms with E-state index in [1.54, 1.807) is 6.08 Å². The van der Waals surface area contributed by atoms with Crippen LogP contribution in [0.5, 0.6) is 0 Å². The number of nitrogens with zero attached hydrogens (tertiary/aromatic N) is 2. The predicted molar refractivity (Wildman–Crippen MR) is 54.3 cm³/mol. The first kappa shape index (κ1) is 10.8. The molecule has 0 aliphatic carbocycles. The molecule has 1 rings (SSSR count). The van der Waals surface area contributed by atoms with Crippen LogP contribution in [0, 0.1) is 10.1 Å². The van der Waals surface area contributed by atoms with E-state index in [4.69, 9.17) is 11.6 Å². The van der Waals surface area contributed by atoms with Gasteiger partial charge < -0.3 is 10.2 Å². The minimum absolute atomic E-state index is 0.453. The summed E-state index contributed by atoms with van der Waals surface area (Å²) in [5, 5.41) is 13.3. The van der Waals surface area contributed by atoms with Gasteiger partial charge in [-0.15, -0.1) is 0 Å². The lowest BCUT2D eigenvalue weighted by atomic mass is 10.3. The van der Waals surface area contributed by atoms with Crippen LogP contribution in [-0.2, 0) is 0 Å². The van der Waals surface area contributed by atoms with Gasteiger partial charge in [0.2, 0.25) is 0 Å². The van der Waals surface area contributed by atoms with Crippen molar-refractivity contribution in [2.45, 2.75) is 6.42 Å². The van der Waals surface area contributed by atoms with Gasteiger partial charge in [-0.25, -0.2) is 0 Å². The van der Waals surface area contributed by atoms with Crippen molar-refractivity contribution in [3.8, 4) is 0 Å². The van der Waals surface area contributed by atoms with Crippen LogP contribution in [0.15, 0.2) is 23.6 Å². The van der Waals surface area contributed by atoms with Crippen LogP contribution in [0.1, 0.15) is 6.42 Å². The Kier molecular flexibility index (Phi) is 4.25. The first-order valence-corrected chi connectivity index (χ1v) is 4.77. The molecule has 1 heterocycles. The van der Waals surface area contributed by atoms with Crippen molar-refractivity contribution in [2.75, 3.05) is 19.6 Å². The Bertz CT molecular complexity index is 265. The van der Waals surface area contributed by atoms with Crippen LogP contribution in [0.3, 0.4) is 0 Å². The van der Waals surface area contributed by atoms with E-state index >= 15 is 0 Å². The fourth-order valence-electron chi connectivity index (χ4n) is 1.30. The van der Waals surface area contributed by atoms with Gasteiger partial charge in [0.15, 0.2) is 5.82 Å². The van der Waals surface area contributed by atoms with Crippen LogP contribution in [0.2, 0.25) is 0 Å². The molecule has 0 aromatic rings. The average Bonchev–Trinajstić information content (AvgIpc) is 2.16. The average molecular weight is 218 g/mol. The van der Waals surface area contributed by atoms with Crippen molar-refractivity contribution >= 4 is 11.6 Å². The number of hydrogen-bond acceptors (Lipinski definition) is 4. The summed E-state index contributed by atoms with van der Waals surface area (Å²) in [6.45, 7) is 2.19. The molecule has 78 valence electrons. The summed E-state index contributed by atoms with van der Waals surface area (Å²) in [6.07, 6.45) is 3.72. The van der Waals surface area contributed by atoms with E-state index in [0.717, 1.165) is 25.7 Å². The molecule has 1 aliphatic rings. The summed E-state index contributed by atoms with van der Waals surface area (Å²) >= 11 is 5.39. The second-order valence-corrected chi connectivity index (χ2v) is 3.14. The molecule has 0 saturated carbocycles. The molecular formula is C8H12ClN3O2. The maximum absolute atomic E-state index is 10.3. The number of nitrogens with one attached hydrogen (secondary N) is 1. The maximum atomic E-state index is 10.3. The van der Waals surface area contributed by atoms with E-state index in [9.17, 15) is 10.1 Å². The van der Waals surface area contributed by atoms with Gasteiger partial charge in [-0.2, -0.15) is 0 Å². The van der Waals surface area contributed by atoms with Gasteiger partial charge in [0.1, 0.15) is 0 Å². The van der Waals surface area contributed by atoms with Crippen molar-refractivity contribution in [3.63, 3.8) is 0 Å². The molecule has 0 atom stereocenters. The Morgan fingerprint density at radius 3 is 3.14 bits per heavy atom. The first-order valence-electron chi connectivity index (χ1n) is 4.33. The highest BCUT2D eigenvalue weighted by molar-refractivity contribution is 6.25. The zero-order valence-corrected chi connectivity index (χ0v) is 8.41. The summed E-state index contributed by atoms with van der Waals surface area (Å²) in [6, 6.07) is 0. The van der Waals surface area contributed by atoms with Gasteiger partial charge in [-0.05, 0) is 6.42 Å². The van der Waals surface area contributed by atoms with Crippen molar-refractivity contribution in [3.05, 3.63) is 33.7 Å². The lowest BCUT2D eigenvalue weighted by molar-refractivity contribution is -0.404. The third-order valence-electron chi connectivity index (χ3n) is 1.89. The molecule has 0 bridgehead atoms. The SMILES string of the molecule is O=[N+]([O-])/C=C1/NCCCN1C/C=C\Cl. The van der Waals surface area contributed by atoms with Gasteiger partial charge in [0.05, 0.1) is 4.92 Å². The van der Waals surface area contributed by atoms with E-state index in [0.29, 0.717) is 12.4 Å². The summed E-state index contributed by atoms with van der Waals surface area (Å²) < 4.78 is 0. The molecule has 1 fully saturated rings. The first-order chi connectivity index (χ1) is 6.74. The highest BCUT2D eigenvalue weighted by atomic mass is 35.5. The van der Waals surface area contributed by atoms with Gasteiger partial charge in [0.25, 0.3) is 6.20 Å². The summed E-state index contributed by atoms with van der Waals surface area (Å²) in [5.74, 6) is 0.552. The molecule has 14 heavy (non-hydrogen) atoms. The smallest absolute Gasteiger partial charge is 0.274 e. The fourth-order valence-corrected chi connectivity index (χ4v) is 1.38. The van der Waals surface area contributed by atoms with Gasteiger partial charge >= 0.3 is 0 Å². The molecule has 5 nitrogen and oxygen atoms in total. The van der Waals surface area contributed by atoms with Crippen LogP contribution >= 0.6 is 11.6 Å². The Morgan fingerprint density at radius 1 is 1.71 bits per heavy atom. The lowest BCUT2D eigenvalue weighted by Crippen LogP contribution is -2.39. The standard InChI is InChI=1S/C8H12ClN3O2/c9-3-1-5-11-6-2-4-10-8(11)7-12(13)14/h1,3,7,10H,2,4-6H2/b3-1-,8-7-. The zero-order chi connectivity index (χ0) is 10.4. The number of rotatable bonds is 3. The molecule has 1 N–H and O–H groups in total. The molecule has 0 spiro atoms. The van der Waals surface area contributed by atoms with Gasteiger partial charge in [-0.1, -0.05) is 17.7 Å².